The summed E-state index contributed by atoms with van der Waals surface area (Å²) in [5, 5.41) is 22.6. The first-order valence-corrected chi connectivity index (χ1v) is 13.7. The fourth-order valence-electron chi connectivity index (χ4n) is 6.71. The number of Topliss-reactive ketones (excluding diaryl/α,β-unsaturated/α-hetero) is 1. The molecule has 1 N–H and O–H groups in total. The second-order valence-corrected chi connectivity index (χ2v) is 11.5. The van der Waals surface area contributed by atoms with Crippen molar-refractivity contribution >= 4 is 50.7 Å². The molecule has 4 atom stereocenters. The number of amides is 2. The average Bonchev–Trinajstić information content (AvgIpc) is 3.21. The van der Waals surface area contributed by atoms with E-state index in [-0.39, 0.29) is 64.0 Å². The Balaban J connectivity index is 1.51. The fourth-order valence-corrected chi connectivity index (χ4v) is 7.16. The molecule has 1 saturated heterocycles. The van der Waals surface area contributed by atoms with Crippen molar-refractivity contribution in [2.45, 2.75) is 25.7 Å². The summed E-state index contributed by atoms with van der Waals surface area (Å²) in [7, 11) is 1.40. The number of methoxy groups -OCH3 is 1. The van der Waals surface area contributed by atoms with E-state index in [2.05, 4.69) is 15.9 Å². The van der Waals surface area contributed by atoms with Crippen molar-refractivity contribution in [1.82, 2.24) is 0 Å². The van der Waals surface area contributed by atoms with E-state index in [0.717, 1.165) is 4.90 Å². The maximum Gasteiger partial charge on any atom is 0.271 e. The number of phenolic OH excluding ortho intramolecular Hbond substituents is 1. The van der Waals surface area contributed by atoms with Gasteiger partial charge in [0.05, 0.1) is 29.6 Å². The van der Waals surface area contributed by atoms with Gasteiger partial charge in [-0.05, 0) is 50.0 Å². The number of non-ortho nitro benzene ring substituents is 1. The number of hydrogen-bond acceptors (Lipinski definition) is 8. The molecule has 1 aliphatic heterocycles. The summed E-state index contributed by atoms with van der Waals surface area (Å²) in [5.41, 5.74) is 1.62. The number of imide groups is 1. The lowest BCUT2D eigenvalue weighted by Crippen LogP contribution is -2.39. The van der Waals surface area contributed by atoms with Crippen molar-refractivity contribution in [3.63, 3.8) is 0 Å². The number of ketones is 2. The standard InChI is InChI=1S/C30H23BrN2O8/c1-13-8-22(34)26-21(27(13)35)12-19-17(24(26)20-9-14(31)10-23(41-2)28(20)36)6-7-18-25(19)30(38)32(29(18)37)15-4-3-5-16(11-15)33(39)40/h3-6,8-11,18-19,24-25,36H,7,12H2,1-2H3. The Morgan fingerprint density at radius 1 is 1.10 bits per heavy atom. The molecule has 6 rings (SSSR count). The number of benzene rings is 2. The topological polar surface area (TPSA) is 144 Å². The summed E-state index contributed by atoms with van der Waals surface area (Å²) in [6.07, 6.45) is 3.39. The molecule has 11 heteroatoms. The second-order valence-electron chi connectivity index (χ2n) is 10.6. The minimum atomic E-state index is -0.858. The van der Waals surface area contributed by atoms with Gasteiger partial charge in [-0.1, -0.05) is 33.6 Å². The molecule has 10 nitrogen and oxygen atoms in total. The van der Waals surface area contributed by atoms with E-state index in [0.29, 0.717) is 15.6 Å². The van der Waals surface area contributed by atoms with Gasteiger partial charge < -0.3 is 9.84 Å². The first kappa shape index (κ1) is 26.8. The molecular formula is C30H23BrN2O8. The van der Waals surface area contributed by atoms with E-state index in [1.54, 1.807) is 19.1 Å². The second kappa shape index (κ2) is 9.62. The Morgan fingerprint density at radius 3 is 2.56 bits per heavy atom. The van der Waals surface area contributed by atoms with E-state index in [4.69, 9.17) is 4.74 Å². The summed E-state index contributed by atoms with van der Waals surface area (Å²) in [4.78, 5) is 66.2. The van der Waals surface area contributed by atoms with E-state index >= 15 is 0 Å². The van der Waals surface area contributed by atoms with Gasteiger partial charge in [-0.25, -0.2) is 4.90 Å². The lowest BCUT2D eigenvalue weighted by Gasteiger charge is -2.42. The van der Waals surface area contributed by atoms with Crippen molar-refractivity contribution in [2.75, 3.05) is 12.0 Å². The highest BCUT2D eigenvalue weighted by molar-refractivity contribution is 9.10. The summed E-state index contributed by atoms with van der Waals surface area (Å²) >= 11 is 3.44. The zero-order valence-corrected chi connectivity index (χ0v) is 23.5. The van der Waals surface area contributed by atoms with Crippen molar-refractivity contribution in [2.24, 2.45) is 17.8 Å². The van der Waals surface area contributed by atoms with Gasteiger partial charge in [0.15, 0.2) is 23.1 Å². The number of anilines is 1. The van der Waals surface area contributed by atoms with Crippen molar-refractivity contribution < 1.29 is 33.9 Å². The third kappa shape index (κ3) is 3.98. The molecule has 208 valence electrons. The van der Waals surface area contributed by atoms with Gasteiger partial charge in [0, 0.05) is 44.8 Å². The molecule has 0 bridgehead atoms. The number of allylic oxidation sites excluding steroid dienone is 6. The number of fused-ring (bicyclic) bond motifs is 3. The largest absolute Gasteiger partial charge is 0.504 e. The van der Waals surface area contributed by atoms with Gasteiger partial charge in [0.2, 0.25) is 11.8 Å². The van der Waals surface area contributed by atoms with E-state index < -0.39 is 40.4 Å². The third-order valence-corrected chi connectivity index (χ3v) is 8.92. The molecule has 2 aromatic carbocycles. The van der Waals surface area contributed by atoms with Gasteiger partial charge in [-0.15, -0.1) is 0 Å². The van der Waals surface area contributed by atoms with Crippen LogP contribution in [0.5, 0.6) is 11.5 Å². The molecule has 4 unspecified atom stereocenters. The number of aromatic hydroxyl groups is 1. The maximum absolute atomic E-state index is 14.0. The SMILES string of the molecule is COc1cc(Br)cc(C2C3=CCC4C(=O)N(c5cccc([N+](=O)[O-])c5)C(=O)C4C3CC3=C2C(=O)C=C(C)C3=O)c1O. The molecule has 2 aromatic rings. The number of ether oxygens (including phenoxy) is 1. The molecule has 4 aliphatic rings. The number of carbonyl (C=O) groups is 4. The van der Waals surface area contributed by atoms with Crippen LogP contribution in [0.25, 0.3) is 0 Å². The maximum atomic E-state index is 14.0. The van der Waals surface area contributed by atoms with Crippen LogP contribution in [0.1, 0.15) is 31.2 Å². The summed E-state index contributed by atoms with van der Waals surface area (Å²) < 4.78 is 5.93. The van der Waals surface area contributed by atoms with Gasteiger partial charge >= 0.3 is 0 Å². The molecule has 2 amide bonds. The molecule has 1 fully saturated rings. The Morgan fingerprint density at radius 2 is 1.85 bits per heavy atom. The Kier molecular flexibility index (Phi) is 6.29. The van der Waals surface area contributed by atoms with Crippen molar-refractivity contribution in [1.29, 1.82) is 0 Å². The van der Waals surface area contributed by atoms with Crippen molar-refractivity contribution in [3.8, 4) is 11.5 Å². The van der Waals surface area contributed by atoms with E-state index in [1.807, 2.05) is 6.08 Å². The molecule has 0 radical (unpaired) electrons. The van der Waals surface area contributed by atoms with Crippen molar-refractivity contribution in [3.05, 3.63) is 91.0 Å². The summed E-state index contributed by atoms with van der Waals surface area (Å²) in [6, 6.07) is 8.59. The fraction of sp³-hybridized carbons (Fsp3) is 0.267. The van der Waals surface area contributed by atoms with Crippen LogP contribution >= 0.6 is 15.9 Å². The predicted molar refractivity (Wildman–Crippen MR) is 149 cm³/mol. The molecule has 0 aromatic heterocycles. The Hall–Kier alpha value is -4.38. The van der Waals surface area contributed by atoms with Gasteiger partial charge in [0.1, 0.15) is 0 Å². The number of hydrogen-bond donors (Lipinski definition) is 1. The zero-order valence-electron chi connectivity index (χ0n) is 21.9. The van der Waals surface area contributed by atoms with Crippen LogP contribution in [0.3, 0.4) is 0 Å². The molecule has 0 saturated carbocycles. The Labute approximate surface area is 242 Å². The van der Waals surface area contributed by atoms with Gasteiger partial charge in [-0.2, -0.15) is 0 Å². The van der Waals surface area contributed by atoms with Crippen LogP contribution in [0.4, 0.5) is 11.4 Å². The van der Waals surface area contributed by atoms with E-state index in [9.17, 15) is 34.4 Å². The number of halogens is 1. The van der Waals surface area contributed by atoms with E-state index in [1.165, 1.54) is 37.5 Å². The minimum Gasteiger partial charge on any atom is -0.504 e. The number of nitro benzene ring substituents is 1. The monoisotopic (exact) mass is 618 g/mol. The predicted octanol–water partition coefficient (Wildman–Crippen LogP) is 4.71. The van der Waals surface area contributed by atoms with Crippen LogP contribution in [0, 0.1) is 27.9 Å². The highest BCUT2D eigenvalue weighted by Gasteiger charge is 2.57. The molecule has 3 aliphatic carbocycles. The summed E-state index contributed by atoms with van der Waals surface area (Å²) in [6.45, 7) is 1.56. The first-order valence-electron chi connectivity index (χ1n) is 12.9. The number of nitrogens with zero attached hydrogens (tertiary/aromatic N) is 2. The first-order chi connectivity index (χ1) is 19.5. The van der Waals surface area contributed by atoms with Crippen LogP contribution in [-0.2, 0) is 19.2 Å². The Bertz CT molecular complexity index is 1700. The molecule has 41 heavy (non-hydrogen) atoms. The van der Waals surface area contributed by atoms with Gasteiger partial charge in [0.25, 0.3) is 5.69 Å². The lowest BCUT2D eigenvalue weighted by atomic mass is 9.59. The quantitative estimate of drug-likeness (QED) is 0.171. The zero-order chi connectivity index (χ0) is 29.3. The molecule has 1 heterocycles. The number of rotatable bonds is 4. The minimum absolute atomic E-state index is 0.0717. The summed E-state index contributed by atoms with van der Waals surface area (Å²) in [5.74, 6) is -4.77. The van der Waals surface area contributed by atoms with Crippen LogP contribution in [0.2, 0.25) is 0 Å². The van der Waals surface area contributed by atoms with Crippen LogP contribution in [0.15, 0.2) is 75.3 Å². The molecular weight excluding hydrogens is 596 g/mol. The number of phenols is 1. The lowest BCUT2D eigenvalue weighted by molar-refractivity contribution is -0.384. The number of carbonyl (C=O) groups excluding carboxylic acids is 4. The highest BCUT2D eigenvalue weighted by Crippen LogP contribution is 2.57. The van der Waals surface area contributed by atoms with Gasteiger partial charge in [-0.3, -0.25) is 29.3 Å². The molecule has 0 spiro atoms. The smallest absolute Gasteiger partial charge is 0.271 e. The normalized spacial score (nSPS) is 25.4. The van der Waals surface area contributed by atoms with Crippen LogP contribution in [-0.4, -0.2) is 40.5 Å². The van der Waals surface area contributed by atoms with Crippen LogP contribution < -0.4 is 9.64 Å². The third-order valence-electron chi connectivity index (χ3n) is 8.46. The average molecular weight is 619 g/mol. The highest BCUT2D eigenvalue weighted by atomic mass is 79.9. The number of nitro groups is 1.